The van der Waals surface area contributed by atoms with Crippen LogP contribution in [0, 0.1) is 22.7 Å². The van der Waals surface area contributed by atoms with E-state index in [4.69, 9.17) is 14.2 Å². The third kappa shape index (κ3) is 2.51. The highest BCUT2D eigenvalue weighted by Crippen LogP contribution is 2.62. The van der Waals surface area contributed by atoms with Gasteiger partial charge in [0.1, 0.15) is 19.3 Å². The van der Waals surface area contributed by atoms with E-state index in [1.165, 1.54) is 5.57 Å². The molecule has 140 valence electrons. The molecule has 4 rings (SSSR count). The van der Waals surface area contributed by atoms with E-state index < -0.39 is 6.16 Å². The molecule has 2 aliphatic heterocycles. The first kappa shape index (κ1) is 17.4. The first-order chi connectivity index (χ1) is 12.3. The van der Waals surface area contributed by atoms with Crippen molar-refractivity contribution in [2.24, 2.45) is 22.7 Å². The van der Waals surface area contributed by atoms with E-state index in [2.05, 4.69) is 26.5 Å². The summed E-state index contributed by atoms with van der Waals surface area (Å²) in [5.74, 6) is 0.296. The zero-order valence-corrected chi connectivity index (χ0v) is 15.5. The number of fused-ring (bicyclic) bond motifs is 3. The van der Waals surface area contributed by atoms with E-state index in [9.17, 15) is 9.59 Å². The van der Waals surface area contributed by atoms with Gasteiger partial charge in [0.25, 0.3) is 0 Å². The minimum absolute atomic E-state index is 0.00720. The Morgan fingerprint density at radius 1 is 1.19 bits per heavy atom. The van der Waals surface area contributed by atoms with Crippen LogP contribution in [0.5, 0.6) is 0 Å². The molecule has 2 heterocycles. The summed E-state index contributed by atoms with van der Waals surface area (Å²) < 4.78 is 15.8. The number of carbonyl (C=O) groups excluding carboxylic acids is 2. The lowest BCUT2D eigenvalue weighted by molar-refractivity contribution is -0.188. The maximum atomic E-state index is 11.7. The Balaban J connectivity index is 1.64. The van der Waals surface area contributed by atoms with Crippen LogP contribution >= 0.6 is 0 Å². The fraction of sp³-hybridized carbons (Fsp3) is 0.619. The van der Waals surface area contributed by atoms with Crippen molar-refractivity contribution in [1.82, 2.24) is 0 Å². The molecule has 26 heavy (non-hydrogen) atoms. The van der Waals surface area contributed by atoms with Gasteiger partial charge in [0, 0.05) is 11.3 Å². The molecule has 0 N–H and O–H groups in total. The van der Waals surface area contributed by atoms with Crippen LogP contribution in [0.1, 0.15) is 39.5 Å². The summed E-state index contributed by atoms with van der Waals surface area (Å²) in [4.78, 5) is 23.3. The summed E-state index contributed by atoms with van der Waals surface area (Å²) >= 11 is 0. The van der Waals surface area contributed by atoms with Crippen LogP contribution in [0.25, 0.3) is 0 Å². The number of allylic oxidation sites excluding steroid dienone is 2. The third-order valence-electron chi connectivity index (χ3n) is 7.14. The van der Waals surface area contributed by atoms with E-state index in [1.807, 2.05) is 12.2 Å². The summed E-state index contributed by atoms with van der Waals surface area (Å²) in [6.45, 7) is 9.61. The van der Waals surface area contributed by atoms with Gasteiger partial charge in [-0.2, -0.15) is 0 Å². The van der Waals surface area contributed by atoms with Gasteiger partial charge in [-0.3, -0.25) is 0 Å². The second kappa shape index (κ2) is 6.00. The summed E-state index contributed by atoms with van der Waals surface area (Å²) in [5.41, 5.74) is 1.66. The first-order valence-corrected chi connectivity index (χ1v) is 9.41. The number of cyclic esters (lactones) is 2. The van der Waals surface area contributed by atoms with Crippen LogP contribution < -0.4 is 0 Å². The van der Waals surface area contributed by atoms with Crippen molar-refractivity contribution in [1.29, 1.82) is 0 Å². The molecule has 0 aromatic heterocycles. The van der Waals surface area contributed by atoms with Crippen molar-refractivity contribution < 1.29 is 23.8 Å². The zero-order chi connectivity index (χ0) is 18.5. The number of hydrogen-bond donors (Lipinski definition) is 0. The Kier molecular flexibility index (Phi) is 4.01. The highest BCUT2D eigenvalue weighted by atomic mass is 16.7. The van der Waals surface area contributed by atoms with Crippen LogP contribution in [-0.4, -0.2) is 31.4 Å². The predicted molar refractivity (Wildman–Crippen MR) is 95.2 cm³/mol. The van der Waals surface area contributed by atoms with Crippen LogP contribution in [-0.2, 0) is 19.0 Å². The molecular formula is C21H26O5. The van der Waals surface area contributed by atoms with E-state index in [0.717, 1.165) is 25.7 Å². The largest absolute Gasteiger partial charge is 0.508 e. The monoisotopic (exact) mass is 358 g/mol. The topological polar surface area (TPSA) is 61.8 Å². The average Bonchev–Trinajstić information content (AvgIpc) is 3.00. The normalized spacial score (nSPS) is 42.5. The van der Waals surface area contributed by atoms with E-state index in [0.29, 0.717) is 24.7 Å². The molecule has 0 bridgehead atoms. The number of carbonyl (C=O) groups is 2. The van der Waals surface area contributed by atoms with E-state index in [-0.39, 0.29) is 28.8 Å². The maximum Gasteiger partial charge on any atom is 0.508 e. The molecule has 2 aliphatic carbocycles. The molecule has 2 unspecified atom stereocenters. The third-order valence-corrected chi connectivity index (χ3v) is 7.14. The van der Waals surface area contributed by atoms with Gasteiger partial charge in [0.2, 0.25) is 0 Å². The van der Waals surface area contributed by atoms with Crippen LogP contribution in [0.4, 0.5) is 4.79 Å². The van der Waals surface area contributed by atoms with Crippen molar-refractivity contribution in [3.05, 3.63) is 36.0 Å². The fourth-order valence-electron chi connectivity index (χ4n) is 5.72. The molecular weight excluding hydrogens is 332 g/mol. The fourth-order valence-corrected chi connectivity index (χ4v) is 5.72. The molecule has 0 aromatic carbocycles. The van der Waals surface area contributed by atoms with Gasteiger partial charge in [-0.25, -0.2) is 9.59 Å². The lowest BCUT2D eigenvalue weighted by Crippen LogP contribution is -2.60. The highest BCUT2D eigenvalue weighted by Gasteiger charge is 2.60. The van der Waals surface area contributed by atoms with Crippen molar-refractivity contribution in [3.8, 4) is 0 Å². The lowest BCUT2D eigenvalue weighted by atomic mass is 9.46. The molecule has 0 amide bonds. The van der Waals surface area contributed by atoms with Gasteiger partial charge in [0.05, 0.1) is 5.57 Å². The minimum Gasteiger partial charge on any atom is -0.458 e. The Morgan fingerprint density at radius 3 is 2.73 bits per heavy atom. The van der Waals surface area contributed by atoms with Gasteiger partial charge in [-0.05, 0) is 43.1 Å². The molecule has 0 aromatic rings. The quantitative estimate of drug-likeness (QED) is 0.552. The molecule has 5 heteroatoms. The lowest BCUT2D eigenvalue weighted by Gasteiger charge is -2.60. The highest BCUT2D eigenvalue weighted by molar-refractivity contribution is 5.93. The van der Waals surface area contributed by atoms with Crippen molar-refractivity contribution in [2.45, 2.75) is 45.6 Å². The van der Waals surface area contributed by atoms with Crippen LogP contribution in [0.3, 0.4) is 0 Å². The molecule has 2 saturated carbocycles. The van der Waals surface area contributed by atoms with E-state index in [1.54, 1.807) is 0 Å². The van der Waals surface area contributed by atoms with Crippen molar-refractivity contribution in [3.63, 3.8) is 0 Å². The predicted octanol–water partition coefficient (Wildman–Crippen LogP) is 3.95. The van der Waals surface area contributed by atoms with E-state index >= 15 is 0 Å². The first-order valence-electron chi connectivity index (χ1n) is 9.41. The molecule has 5 nitrogen and oxygen atoms in total. The summed E-state index contributed by atoms with van der Waals surface area (Å²) in [7, 11) is 0. The maximum absolute atomic E-state index is 11.7. The molecule has 0 radical (unpaired) electrons. The molecule has 0 spiro atoms. The standard InChI is InChI=1S/C21H26O5/c1-13-4-7-16-20(2,15(13)6-5-14-9-11-24-18(14)22)10-8-17-21(16,3)12-25-19(23)26-17/h5-6,9,15-17H,1,4,7-8,10-12H2,2-3H3/t15?,16?,17-,20+,21+/m1/s1. The number of ether oxygens (including phenoxy) is 3. The van der Waals surface area contributed by atoms with Gasteiger partial charge in [-0.1, -0.05) is 38.2 Å². The molecule has 1 saturated heterocycles. The Labute approximate surface area is 154 Å². The number of hydrogen-bond acceptors (Lipinski definition) is 5. The zero-order valence-electron chi connectivity index (χ0n) is 15.5. The van der Waals surface area contributed by atoms with Gasteiger partial charge in [0.15, 0.2) is 0 Å². The second-order valence-corrected chi connectivity index (χ2v) is 8.54. The molecule has 3 fully saturated rings. The van der Waals surface area contributed by atoms with Crippen molar-refractivity contribution in [2.75, 3.05) is 13.2 Å². The summed E-state index contributed by atoms with van der Waals surface area (Å²) in [5, 5.41) is 0. The molecule has 5 atom stereocenters. The van der Waals surface area contributed by atoms with Crippen LogP contribution in [0.15, 0.2) is 36.0 Å². The SMILES string of the molecule is C=C1CCC2[C@@](C)(CC[C@H]3OC(=O)OC[C@@]23C)C1C=CC1=CCOC1=O. The minimum atomic E-state index is -0.542. The Hall–Kier alpha value is -2.04. The van der Waals surface area contributed by atoms with Gasteiger partial charge >= 0.3 is 12.1 Å². The van der Waals surface area contributed by atoms with Gasteiger partial charge < -0.3 is 14.2 Å². The van der Waals surface area contributed by atoms with Crippen LogP contribution in [0.2, 0.25) is 0 Å². The number of esters is 1. The Morgan fingerprint density at radius 2 is 2.00 bits per heavy atom. The Bertz CT molecular complexity index is 720. The van der Waals surface area contributed by atoms with Gasteiger partial charge in [-0.15, -0.1) is 0 Å². The second-order valence-electron chi connectivity index (χ2n) is 8.54. The number of rotatable bonds is 2. The smallest absolute Gasteiger partial charge is 0.458 e. The summed E-state index contributed by atoms with van der Waals surface area (Å²) in [6, 6.07) is 0. The average molecular weight is 358 g/mol. The van der Waals surface area contributed by atoms with Crippen molar-refractivity contribution >= 4 is 12.1 Å². The summed E-state index contributed by atoms with van der Waals surface area (Å²) in [6.07, 6.45) is 8.98. The molecule has 4 aliphatic rings.